The number of carbonyl (C=O) groups excluding carboxylic acids is 1. The molecule has 1 N–H and O–H groups in total. The Hall–Kier alpha value is -2.56. The normalized spacial score (nSPS) is 14.6. The van der Waals surface area contributed by atoms with Crippen LogP contribution in [-0.4, -0.2) is 37.1 Å². The number of amides is 2. The number of piperazine rings is 1. The number of para-hydroxylation sites is 1. The lowest BCUT2D eigenvalue weighted by molar-refractivity contribution is 0.208. The molecule has 0 bridgehead atoms. The van der Waals surface area contributed by atoms with E-state index in [1.807, 2.05) is 0 Å². The van der Waals surface area contributed by atoms with E-state index in [0.29, 0.717) is 13.1 Å². The predicted octanol–water partition coefficient (Wildman–Crippen LogP) is 3.80. The molecule has 0 radical (unpaired) electrons. The van der Waals surface area contributed by atoms with Crippen molar-refractivity contribution in [3.05, 3.63) is 59.4 Å². The Labute approximate surface area is 141 Å². The second-order valence-corrected chi connectivity index (χ2v) is 6.10. The molecule has 0 atom stereocenters. The van der Waals surface area contributed by atoms with Crippen molar-refractivity contribution >= 4 is 17.4 Å². The molecule has 0 spiro atoms. The first-order chi connectivity index (χ1) is 11.6. The van der Waals surface area contributed by atoms with Crippen molar-refractivity contribution in [2.75, 3.05) is 36.4 Å². The third-order valence-electron chi connectivity index (χ3n) is 4.60. The number of hydrogen-bond donors (Lipinski definition) is 1. The van der Waals surface area contributed by atoms with Crippen LogP contribution in [0.5, 0.6) is 0 Å². The van der Waals surface area contributed by atoms with Gasteiger partial charge in [-0.05, 0) is 43.2 Å². The zero-order valence-electron chi connectivity index (χ0n) is 14.1. The van der Waals surface area contributed by atoms with Gasteiger partial charge >= 0.3 is 6.03 Å². The van der Waals surface area contributed by atoms with Crippen molar-refractivity contribution in [3.8, 4) is 0 Å². The van der Waals surface area contributed by atoms with Gasteiger partial charge in [0.15, 0.2) is 0 Å². The van der Waals surface area contributed by atoms with Crippen LogP contribution in [0.4, 0.5) is 20.6 Å². The Balaban J connectivity index is 1.62. The van der Waals surface area contributed by atoms with E-state index in [-0.39, 0.29) is 11.7 Å². The zero-order chi connectivity index (χ0) is 17.1. The Morgan fingerprint density at radius 3 is 2.42 bits per heavy atom. The molecule has 0 aromatic heterocycles. The number of rotatable bonds is 2. The van der Waals surface area contributed by atoms with Crippen LogP contribution >= 0.6 is 0 Å². The standard InChI is InChI=1S/C19H22FN3O/c1-14-6-5-9-18(15(14)2)22-10-12-23(13-11-22)19(24)21-17-8-4-3-7-16(17)20/h3-9H,10-13H2,1-2H3,(H,21,24). The molecule has 3 rings (SSSR count). The summed E-state index contributed by atoms with van der Waals surface area (Å²) < 4.78 is 13.6. The minimum atomic E-state index is -0.417. The second-order valence-electron chi connectivity index (χ2n) is 6.10. The summed E-state index contributed by atoms with van der Waals surface area (Å²) in [6.45, 7) is 7.02. The van der Waals surface area contributed by atoms with Crippen LogP contribution in [0.1, 0.15) is 11.1 Å². The summed E-state index contributed by atoms with van der Waals surface area (Å²) in [5.74, 6) is -0.417. The van der Waals surface area contributed by atoms with Crippen molar-refractivity contribution in [3.63, 3.8) is 0 Å². The van der Waals surface area contributed by atoms with E-state index in [2.05, 4.69) is 42.3 Å². The number of anilines is 2. The molecule has 126 valence electrons. The summed E-state index contributed by atoms with van der Waals surface area (Å²) >= 11 is 0. The van der Waals surface area contributed by atoms with E-state index >= 15 is 0 Å². The molecule has 1 heterocycles. The summed E-state index contributed by atoms with van der Waals surface area (Å²) in [4.78, 5) is 16.3. The molecule has 4 nitrogen and oxygen atoms in total. The fourth-order valence-corrected chi connectivity index (χ4v) is 2.99. The SMILES string of the molecule is Cc1cccc(N2CCN(C(=O)Nc3ccccc3F)CC2)c1C. The van der Waals surface area contributed by atoms with Crippen molar-refractivity contribution in [2.24, 2.45) is 0 Å². The van der Waals surface area contributed by atoms with E-state index in [1.165, 1.54) is 22.9 Å². The highest BCUT2D eigenvalue weighted by atomic mass is 19.1. The molecule has 2 amide bonds. The highest BCUT2D eigenvalue weighted by Gasteiger charge is 2.22. The Morgan fingerprint density at radius 1 is 1.00 bits per heavy atom. The molecule has 1 aliphatic heterocycles. The number of urea groups is 1. The van der Waals surface area contributed by atoms with Crippen LogP contribution in [0.2, 0.25) is 0 Å². The topological polar surface area (TPSA) is 35.6 Å². The maximum absolute atomic E-state index is 13.6. The first-order valence-corrected chi connectivity index (χ1v) is 8.18. The van der Waals surface area contributed by atoms with Gasteiger partial charge in [0, 0.05) is 31.9 Å². The van der Waals surface area contributed by atoms with Gasteiger partial charge in [-0.25, -0.2) is 9.18 Å². The molecule has 2 aromatic rings. The summed E-state index contributed by atoms with van der Waals surface area (Å²) in [6.07, 6.45) is 0. The predicted molar refractivity (Wildman–Crippen MR) is 95.1 cm³/mol. The van der Waals surface area contributed by atoms with E-state index in [1.54, 1.807) is 23.1 Å². The van der Waals surface area contributed by atoms with Crippen LogP contribution in [0.25, 0.3) is 0 Å². The van der Waals surface area contributed by atoms with Gasteiger partial charge in [0.1, 0.15) is 5.82 Å². The van der Waals surface area contributed by atoms with Crippen LogP contribution in [0.15, 0.2) is 42.5 Å². The Morgan fingerprint density at radius 2 is 1.71 bits per heavy atom. The molecular formula is C19H22FN3O. The van der Waals surface area contributed by atoms with Gasteiger partial charge in [-0.2, -0.15) is 0 Å². The van der Waals surface area contributed by atoms with Crippen LogP contribution in [-0.2, 0) is 0 Å². The molecule has 1 saturated heterocycles. The van der Waals surface area contributed by atoms with E-state index in [4.69, 9.17) is 0 Å². The Kier molecular flexibility index (Phi) is 4.69. The molecule has 5 heteroatoms. The first-order valence-electron chi connectivity index (χ1n) is 8.18. The molecular weight excluding hydrogens is 305 g/mol. The second kappa shape index (κ2) is 6.91. The third kappa shape index (κ3) is 3.35. The summed E-state index contributed by atoms with van der Waals surface area (Å²) in [5, 5.41) is 2.65. The van der Waals surface area contributed by atoms with Crippen LogP contribution in [0.3, 0.4) is 0 Å². The number of hydrogen-bond acceptors (Lipinski definition) is 2. The number of nitrogens with zero attached hydrogens (tertiary/aromatic N) is 2. The van der Waals surface area contributed by atoms with Gasteiger partial charge < -0.3 is 15.1 Å². The van der Waals surface area contributed by atoms with Gasteiger partial charge in [-0.3, -0.25) is 0 Å². The largest absolute Gasteiger partial charge is 0.368 e. The van der Waals surface area contributed by atoms with Gasteiger partial charge in [0.25, 0.3) is 0 Å². The molecule has 1 fully saturated rings. The average molecular weight is 327 g/mol. The maximum Gasteiger partial charge on any atom is 0.322 e. The minimum absolute atomic E-state index is 0.222. The molecule has 0 unspecified atom stereocenters. The molecule has 0 saturated carbocycles. The van der Waals surface area contributed by atoms with Crippen molar-refractivity contribution in [2.45, 2.75) is 13.8 Å². The van der Waals surface area contributed by atoms with Crippen molar-refractivity contribution in [1.82, 2.24) is 4.90 Å². The number of aryl methyl sites for hydroxylation is 1. The van der Waals surface area contributed by atoms with Crippen LogP contribution < -0.4 is 10.2 Å². The minimum Gasteiger partial charge on any atom is -0.368 e. The average Bonchev–Trinajstić information content (AvgIpc) is 2.59. The number of carbonyl (C=O) groups is 1. The van der Waals surface area contributed by atoms with Crippen LogP contribution in [0, 0.1) is 19.7 Å². The third-order valence-corrected chi connectivity index (χ3v) is 4.60. The highest BCUT2D eigenvalue weighted by Crippen LogP contribution is 2.24. The quantitative estimate of drug-likeness (QED) is 0.911. The van der Waals surface area contributed by atoms with Gasteiger partial charge in [0.2, 0.25) is 0 Å². The van der Waals surface area contributed by atoms with E-state index in [9.17, 15) is 9.18 Å². The van der Waals surface area contributed by atoms with E-state index < -0.39 is 5.82 Å². The van der Waals surface area contributed by atoms with Crippen molar-refractivity contribution < 1.29 is 9.18 Å². The maximum atomic E-state index is 13.6. The van der Waals surface area contributed by atoms with Gasteiger partial charge in [-0.15, -0.1) is 0 Å². The Bertz CT molecular complexity index is 739. The lowest BCUT2D eigenvalue weighted by atomic mass is 10.1. The lowest BCUT2D eigenvalue weighted by Crippen LogP contribution is -2.50. The first kappa shape index (κ1) is 16.3. The molecule has 2 aromatic carbocycles. The smallest absolute Gasteiger partial charge is 0.322 e. The zero-order valence-corrected chi connectivity index (χ0v) is 14.1. The van der Waals surface area contributed by atoms with E-state index in [0.717, 1.165) is 13.1 Å². The number of halogens is 1. The summed E-state index contributed by atoms with van der Waals surface area (Å²) in [5.41, 5.74) is 4.00. The molecule has 24 heavy (non-hydrogen) atoms. The van der Waals surface area contributed by atoms with Gasteiger partial charge in [0.05, 0.1) is 5.69 Å². The lowest BCUT2D eigenvalue weighted by Gasteiger charge is -2.37. The summed E-state index contributed by atoms with van der Waals surface area (Å²) in [6, 6.07) is 12.3. The molecule has 0 aliphatic carbocycles. The fraction of sp³-hybridized carbons (Fsp3) is 0.316. The van der Waals surface area contributed by atoms with Gasteiger partial charge in [-0.1, -0.05) is 24.3 Å². The number of benzene rings is 2. The highest BCUT2D eigenvalue weighted by molar-refractivity contribution is 5.89. The fourth-order valence-electron chi connectivity index (χ4n) is 2.99. The van der Waals surface area contributed by atoms with Crippen molar-refractivity contribution in [1.29, 1.82) is 0 Å². The molecule has 1 aliphatic rings. The summed E-state index contributed by atoms with van der Waals surface area (Å²) in [7, 11) is 0. The number of nitrogens with one attached hydrogen (secondary N) is 1. The monoisotopic (exact) mass is 327 g/mol.